The molecule has 1 aromatic heterocycles. The lowest BCUT2D eigenvalue weighted by molar-refractivity contribution is 0.318. The molecule has 1 heterocycles. The largest absolute Gasteiger partial charge is 0.494 e. The van der Waals surface area contributed by atoms with Crippen LogP contribution in [0.5, 0.6) is 5.75 Å². The third-order valence-electron chi connectivity index (χ3n) is 4.06. The summed E-state index contributed by atoms with van der Waals surface area (Å²) >= 11 is 1.56. The second-order valence-corrected chi connectivity index (χ2v) is 9.13. The molecule has 148 valence electrons. The van der Waals surface area contributed by atoms with Gasteiger partial charge < -0.3 is 9.30 Å². The van der Waals surface area contributed by atoms with Gasteiger partial charge in [0, 0.05) is 12.3 Å². The van der Waals surface area contributed by atoms with Crippen LogP contribution in [0.25, 0.3) is 0 Å². The van der Waals surface area contributed by atoms with Crippen molar-refractivity contribution in [2.24, 2.45) is 0 Å². The second kappa shape index (κ2) is 9.75. The van der Waals surface area contributed by atoms with Gasteiger partial charge in [-0.2, -0.15) is 0 Å². The molecule has 3 rings (SSSR count). The van der Waals surface area contributed by atoms with E-state index in [0.717, 1.165) is 23.1 Å². The highest BCUT2D eigenvalue weighted by Crippen LogP contribution is 2.21. The molecule has 0 amide bonds. The van der Waals surface area contributed by atoms with Crippen LogP contribution in [-0.2, 0) is 22.1 Å². The molecule has 0 N–H and O–H groups in total. The van der Waals surface area contributed by atoms with Gasteiger partial charge in [-0.15, -0.1) is 10.2 Å². The van der Waals surface area contributed by atoms with Gasteiger partial charge in [0.05, 0.1) is 11.5 Å². The van der Waals surface area contributed by atoms with Crippen LogP contribution in [0.1, 0.15) is 19.2 Å². The molecule has 6 nitrogen and oxygen atoms in total. The summed E-state index contributed by atoms with van der Waals surface area (Å²) in [5.74, 6) is 1.98. The van der Waals surface area contributed by atoms with Crippen molar-refractivity contribution in [3.05, 3.63) is 66.5 Å². The summed E-state index contributed by atoms with van der Waals surface area (Å²) in [6.07, 6.45) is 0.855. The fourth-order valence-electron chi connectivity index (χ4n) is 2.66. The molecule has 0 saturated heterocycles. The van der Waals surface area contributed by atoms with Crippen molar-refractivity contribution in [3.63, 3.8) is 0 Å². The molecule has 0 atom stereocenters. The quantitative estimate of drug-likeness (QED) is 0.369. The monoisotopic (exact) mass is 417 g/mol. The van der Waals surface area contributed by atoms with Crippen molar-refractivity contribution >= 4 is 21.6 Å². The molecule has 0 spiro atoms. The third kappa shape index (κ3) is 5.36. The van der Waals surface area contributed by atoms with Crippen LogP contribution < -0.4 is 4.74 Å². The molecule has 28 heavy (non-hydrogen) atoms. The van der Waals surface area contributed by atoms with Crippen LogP contribution in [-0.4, -0.2) is 35.5 Å². The van der Waals surface area contributed by atoms with Crippen molar-refractivity contribution in [1.29, 1.82) is 0 Å². The lowest BCUT2D eigenvalue weighted by Crippen LogP contribution is -2.11. The van der Waals surface area contributed by atoms with E-state index >= 15 is 0 Å². The van der Waals surface area contributed by atoms with E-state index in [9.17, 15) is 8.42 Å². The molecule has 0 fully saturated rings. The van der Waals surface area contributed by atoms with Gasteiger partial charge >= 0.3 is 0 Å². The lowest BCUT2D eigenvalue weighted by Gasteiger charge is -2.08. The molecule has 2 aromatic carbocycles. The first-order chi connectivity index (χ1) is 13.6. The smallest absolute Gasteiger partial charge is 0.191 e. The van der Waals surface area contributed by atoms with Crippen molar-refractivity contribution in [2.75, 3.05) is 12.4 Å². The van der Waals surface area contributed by atoms with Crippen molar-refractivity contribution in [2.45, 2.75) is 35.7 Å². The number of nitrogens with zero attached hydrogens (tertiary/aromatic N) is 3. The first-order valence-corrected chi connectivity index (χ1v) is 11.7. The van der Waals surface area contributed by atoms with Gasteiger partial charge in [0.25, 0.3) is 0 Å². The average Bonchev–Trinajstić information content (AvgIpc) is 3.10. The first kappa shape index (κ1) is 20.4. The zero-order valence-electron chi connectivity index (χ0n) is 15.7. The number of benzene rings is 2. The van der Waals surface area contributed by atoms with E-state index in [-0.39, 0.29) is 5.75 Å². The van der Waals surface area contributed by atoms with Crippen LogP contribution in [0.4, 0.5) is 0 Å². The Morgan fingerprint density at radius 1 is 1.00 bits per heavy atom. The first-order valence-electron chi connectivity index (χ1n) is 9.10. The zero-order valence-corrected chi connectivity index (χ0v) is 17.3. The van der Waals surface area contributed by atoms with Crippen molar-refractivity contribution in [3.8, 4) is 5.75 Å². The Bertz CT molecular complexity index is 974. The number of rotatable bonds is 10. The van der Waals surface area contributed by atoms with Gasteiger partial charge in [0.2, 0.25) is 0 Å². The molecule has 0 aliphatic heterocycles. The summed E-state index contributed by atoms with van der Waals surface area (Å²) in [5, 5.41) is 9.05. The van der Waals surface area contributed by atoms with E-state index < -0.39 is 9.84 Å². The number of aromatic nitrogens is 3. The van der Waals surface area contributed by atoms with Crippen LogP contribution in [0, 0.1) is 0 Å². The molecule has 0 aliphatic rings. The Kier molecular flexibility index (Phi) is 7.11. The van der Waals surface area contributed by atoms with Gasteiger partial charge in [0.15, 0.2) is 15.0 Å². The number of para-hydroxylation sites is 1. The summed E-state index contributed by atoms with van der Waals surface area (Å²) in [5.41, 5.74) is 0. The van der Waals surface area contributed by atoms with E-state index in [4.69, 9.17) is 4.74 Å². The third-order valence-corrected chi connectivity index (χ3v) is 6.74. The number of hydrogen-bond donors (Lipinski definition) is 0. The Balaban J connectivity index is 1.56. The number of hydrogen-bond acceptors (Lipinski definition) is 6. The molecular formula is C20H23N3O3S2. The number of thioether (sulfide) groups is 1. The van der Waals surface area contributed by atoms with Crippen LogP contribution in [0.2, 0.25) is 0 Å². The fourth-order valence-corrected chi connectivity index (χ4v) is 4.89. The predicted molar refractivity (Wildman–Crippen MR) is 110 cm³/mol. The second-order valence-electron chi connectivity index (χ2n) is 6.08. The van der Waals surface area contributed by atoms with Gasteiger partial charge in [-0.1, -0.05) is 48.2 Å². The van der Waals surface area contributed by atoms with E-state index in [1.165, 1.54) is 0 Å². The summed E-state index contributed by atoms with van der Waals surface area (Å²) in [6.45, 7) is 3.20. The van der Waals surface area contributed by atoms with Gasteiger partial charge in [-0.3, -0.25) is 0 Å². The van der Waals surface area contributed by atoms with E-state index in [1.807, 2.05) is 41.8 Å². The van der Waals surface area contributed by atoms with Gasteiger partial charge in [-0.05, 0) is 37.6 Å². The van der Waals surface area contributed by atoms with Crippen LogP contribution >= 0.6 is 11.8 Å². The molecule has 0 unspecified atom stereocenters. The Hall–Kier alpha value is -2.32. The minimum atomic E-state index is -3.44. The summed E-state index contributed by atoms with van der Waals surface area (Å²) in [4.78, 5) is 0.299. The standard InChI is InChI=1S/C20H23N3O3S2/c1-2-23-19(16-28(24,25)18-12-7-4-8-13-18)21-22-20(23)27-15-9-14-26-17-10-5-3-6-11-17/h3-8,10-13H,2,9,14-16H2,1H3. The normalized spacial score (nSPS) is 11.5. The lowest BCUT2D eigenvalue weighted by atomic mass is 10.3. The number of ether oxygens (including phenoxy) is 1. The Morgan fingerprint density at radius 3 is 2.36 bits per heavy atom. The average molecular weight is 418 g/mol. The Labute approximate surface area is 169 Å². The van der Waals surface area contributed by atoms with E-state index in [0.29, 0.717) is 23.9 Å². The minimum absolute atomic E-state index is 0.157. The maximum absolute atomic E-state index is 12.6. The maximum atomic E-state index is 12.6. The Morgan fingerprint density at radius 2 is 1.68 bits per heavy atom. The molecule has 0 aliphatic carbocycles. The van der Waals surface area contributed by atoms with Crippen LogP contribution in [0.15, 0.2) is 70.7 Å². The topological polar surface area (TPSA) is 74.1 Å². The van der Waals surface area contributed by atoms with Crippen molar-refractivity contribution in [1.82, 2.24) is 14.8 Å². The van der Waals surface area contributed by atoms with Crippen molar-refractivity contribution < 1.29 is 13.2 Å². The molecular weight excluding hydrogens is 394 g/mol. The summed E-state index contributed by atoms with van der Waals surface area (Å²) in [6, 6.07) is 18.1. The predicted octanol–water partition coefficient (Wildman–Crippen LogP) is 3.83. The highest BCUT2D eigenvalue weighted by molar-refractivity contribution is 7.99. The van der Waals surface area contributed by atoms with Gasteiger partial charge in [-0.25, -0.2) is 8.42 Å². The van der Waals surface area contributed by atoms with Gasteiger partial charge in [0.1, 0.15) is 17.3 Å². The highest BCUT2D eigenvalue weighted by Gasteiger charge is 2.20. The summed E-state index contributed by atoms with van der Waals surface area (Å²) in [7, 11) is -3.44. The zero-order chi connectivity index (χ0) is 19.8. The molecule has 0 radical (unpaired) electrons. The SMILES string of the molecule is CCn1c(CS(=O)(=O)c2ccccc2)nnc1SCCCOc1ccccc1. The van der Waals surface area contributed by atoms with E-state index in [2.05, 4.69) is 10.2 Å². The highest BCUT2D eigenvalue weighted by atomic mass is 32.2. The molecule has 0 bridgehead atoms. The fraction of sp³-hybridized carbons (Fsp3) is 0.300. The molecule has 3 aromatic rings. The number of sulfone groups is 1. The maximum Gasteiger partial charge on any atom is 0.191 e. The molecule has 0 saturated carbocycles. The summed E-state index contributed by atoms with van der Waals surface area (Å²) < 4.78 is 32.8. The minimum Gasteiger partial charge on any atom is -0.494 e. The molecule has 8 heteroatoms. The van der Waals surface area contributed by atoms with Crippen LogP contribution in [0.3, 0.4) is 0 Å². The van der Waals surface area contributed by atoms with E-state index in [1.54, 1.807) is 42.1 Å².